The molecule has 19 heavy (non-hydrogen) atoms. The van der Waals surface area contributed by atoms with E-state index in [1.807, 2.05) is 10.9 Å². The van der Waals surface area contributed by atoms with Gasteiger partial charge in [-0.25, -0.2) is 0 Å². The number of aromatic nitrogens is 2. The molecule has 2 rings (SSSR count). The zero-order valence-electron chi connectivity index (χ0n) is 12.5. The summed E-state index contributed by atoms with van der Waals surface area (Å²) in [6, 6.07) is 0. The lowest BCUT2D eigenvalue weighted by atomic mass is 9.98. The molecule has 0 aliphatic carbocycles. The molecule has 1 saturated heterocycles. The highest BCUT2D eigenvalue weighted by atomic mass is 16.3. The number of rotatable bonds is 4. The molecule has 1 aliphatic heterocycles. The molecule has 0 saturated carbocycles. The second-order valence-corrected chi connectivity index (χ2v) is 6.68. The fraction of sp³-hybridized carbons (Fsp3) is 0.800. The number of aliphatic hydroxyl groups is 1. The third-order valence-corrected chi connectivity index (χ3v) is 4.01. The maximum absolute atomic E-state index is 9.13. The lowest BCUT2D eigenvalue weighted by molar-refractivity contribution is 0.132. The summed E-state index contributed by atoms with van der Waals surface area (Å²) in [4.78, 5) is 2.50. The molecular formula is C15H27N3O. The maximum atomic E-state index is 9.13. The van der Waals surface area contributed by atoms with Crippen LogP contribution < -0.4 is 0 Å². The fourth-order valence-electron chi connectivity index (χ4n) is 2.54. The molecule has 1 aromatic heterocycles. The second kappa shape index (κ2) is 6.06. The van der Waals surface area contributed by atoms with Crippen molar-refractivity contribution in [3.8, 4) is 0 Å². The van der Waals surface area contributed by atoms with E-state index in [1.54, 1.807) is 0 Å². The number of hydrogen-bond donors (Lipinski definition) is 1. The second-order valence-electron chi connectivity index (χ2n) is 6.68. The molecule has 1 N–H and O–H groups in total. The molecule has 108 valence electrons. The normalized spacial score (nSPS) is 18.9. The van der Waals surface area contributed by atoms with Crippen molar-refractivity contribution in [3.05, 3.63) is 18.0 Å². The van der Waals surface area contributed by atoms with Crippen LogP contribution in [0.3, 0.4) is 0 Å². The first-order chi connectivity index (χ1) is 8.99. The first kappa shape index (κ1) is 14.5. The zero-order chi connectivity index (χ0) is 13.9. The SMILES string of the molecule is CC(C)(C)n1cc(CCN2CCC(CO)CC2)cn1. The Kier molecular flexibility index (Phi) is 4.63. The van der Waals surface area contributed by atoms with Crippen molar-refractivity contribution in [2.24, 2.45) is 5.92 Å². The molecule has 4 heteroatoms. The van der Waals surface area contributed by atoms with E-state index in [1.165, 1.54) is 5.56 Å². The smallest absolute Gasteiger partial charge is 0.0543 e. The van der Waals surface area contributed by atoms with Gasteiger partial charge < -0.3 is 10.0 Å². The van der Waals surface area contributed by atoms with E-state index in [9.17, 15) is 0 Å². The van der Waals surface area contributed by atoms with Crippen molar-refractivity contribution >= 4 is 0 Å². The van der Waals surface area contributed by atoms with E-state index in [0.717, 1.165) is 38.9 Å². The van der Waals surface area contributed by atoms with Gasteiger partial charge in [-0.05, 0) is 64.6 Å². The summed E-state index contributed by atoms with van der Waals surface area (Å²) >= 11 is 0. The van der Waals surface area contributed by atoms with Crippen molar-refractivity contribution in [2.45, 2.75) is 45.6 Å². The average molecular weight is 265 g/mol. The summed E-state index contributed by atoms with van der Waals surface area (Å²) in [5.41, 5.74) is 1.39. The van der Waals surface area contributed by atoms with Crippen LogP contribution >= 0.6 is 0 Å². The Morgan fingerprint density at radius 3 is 2.53 bits per heavy atom. The zero-order valence-corrected chi connectivity index (χ0v) is 12.5. The van der Waals surface area contributed by atoms with Crippen LogP contribution in [0.1, 0.15) is 39.2 Å². The van der Waals surface area contributed by atoms with Gasteiger partial charge in [-0.2, -0.15) is 5.10 Å². The minimum absolute atomic E-state index is 0.0672. The van der Waals surface area contributed by atoms with Gasteiger partial charge in [-0.15, -0.1) is 0 Å². The molecule has 0 atom stereocenters. The van der Waals surface area contributed by atoms with Gasteiger partial charge in [0.1, 0.15) is 0 Å². The predicted octanol–water partition coefficient (Wildman–Crippen LogP) is 1.88. The van der Waals surface area contributed by atoms with Gasteiger partial charge in [0, 0.05) is 19.3 Å². The van der Waals surface area contributed by atoms with E-state index in [0.29, 0.717) is 12.5 Å². The van der Waals surface area contributed by atoms with Crippen LogP contribution in [0.5, 0.6) is 0 Å². The van der Waals surface area contributed by atoms with Gasteiger partial charge in [0.05, 0.1) is 11.7 Å². The summed E-state index contributed by atoms with van der Waals surface area (Å²) in [6.07, 6.45) is 7.50. The highest BCUT2D eigenvalue weighted by Crippen LogP contribution is 2.17. The van der Waals surface area contributed by atoms with Gasteiger partial charge in [-0.3, -0.25) is 4.68 Å². The largest absolute Gasteiger partial charge is 0.396 e. The first-order valence-electron chi connectivity index (χ1n) is 7.36. The Bertz CT molecular complexity index is 386. The molecular weight excluding hydrogens is 238 g/mol. The molecule has 0 amide bonds. The summed E-state index contributed by atoms with van der Waals surface area (Å²) in [5, 5.41) is 13.6. The van der Waals surface area contributed by atoms with Gasteiger partial charge in [0.15, 0.2) is 0 Å². The highest BCUT2D eigenvalue weighted by molar-refractivity contribution is 5.06. The molecule has 0 radical (unpaired) electrons. The summed E-state index contributed by atoms with van der Waals surface area (Å²) < 4.78 is 2.04. The van der Waals surface area contributed by atoms with E-state index in [4.69, 9.17) is 5.11 Å². The molecule has 0 spiro atoms. The number of nitrogens with zero attached hydrogens (tertiary/aromatic N) is 3. The van der Waals surface area contributed by atoms with Crippen molar-refractivity contribution in [2.75, 3.05) is 26.2 Å². The number of hydrogen-bond acceptors (Lipinski definition) is 3. The minimum Gasteiger partial charge on any atom is -0.396 e. The summed E-state index contributed by atoms with van der Waals surface area (Å²) in [6.45, 7) is 10.2. The molecule has 2 heterocycles. The monoisotopic (exact) mass is 265 g/mol. The lowest BCUT2D eigenvalue weighted by Crippen LogP contribution is -2.36. The summed E-state index contributed by atoms with van der Waals surface area (Å²) in [7, 11) is 0. The van der Waals surface area contributed by atoms with Crippen LogP contribution in [0.15, 0.2) is 12.4 Å². The van der Waals surface area contributed by atoms with Crippen LogP contribution in [0.2, 0.25) is 0 Å². The highest BCUT2D eigenvalue weighted by Gasteiger charge is 2.18. The van der Waals surface area contributed by atoms with Crippen LogP contribution in [0.4, 0.5) is 0 Å². The number of piperidine rings is 1. The van der Waals surface area contributed by atoms with Gasteiger partial charge in [0.2, 0.25) is 0 Å². The molecule has 1 fully saturated rings. The fourth-order valence-corrected chi connectivity index (χ4v) is 2.54. The Balaban J connectivity index is 1.78. The predicted molar refractivity (Wildman–Crippen MR) is 77.2 cm³/mol. The van der Waals surface area contributed by atoms with E-state index in [-0.39, 0.29) is 5.54 Å². The molecule has 4 nitrogen and oxygen atoms in total. The van der Waals surface area contributed by atoms with Crippen molar-refractivity contribution in [1.29, 1.82) is 0 Å². The van der Waals surface area contributed by atoms with Gasteiger partial charge >= 0.3 is 0 Å². The van der Waals surface area contributed by atoms with E-state index < -0.39 is 0 Å². The third-order valence-electron chi connectivity index (χ3n) is 4.01. The minimum atomic E-state index is 0.0672. The Morgan fingerprint density at radius 1 is 1.32 bits per heavy atom. The molecule has 1 aromatic rings. The molecule has 0 unspecified atom stereocenters. The topological polar surface area (TPSA) is 41.3 Å². The number of aliphatic hydroxyl groups excluding tert-OH is 1. The average Bonchev–Trinajstić information content (AvgIpc) is 2.86. The Morgan fingerprint density at radius 2 is 2.00 bits per heavy atom. The van der Waals surface area contributed by atoms with Gasteiger partial charge in [0.25, 0.3) is 0 Å². The molecule has 0 bridgehead atoms. The Hall–Kier alpha value is -0.870. The van der Waals surface area contributed by atoms with Crippen LogP contribution in [0, 0.1) is 5.92 Å². The van der Waals surface area contributed by atoms with Crippen LogP contribution in [-0.2, 0) is 12.0 Å². The van der Waals surface area contributed by atoms with Crippen molar-refractivity contribution in [1.82, 2.24) is 14.7 Å². The van der Waals surface area contributed by atoms with Crippen LogP contribution in [0.25, 0.3) is 0 Å². The number of likely N-dealkylation sites (tertiary alicyclic amines) is 1. The molecule has 0 aromatic carbocycles. The van der Waals surface area contributed by atoms with Crippen LogP contribution in [-0.4, -0.2) is 46.0 Å². The standard InChI is InChI=1S/C15H27N3O/c1-15(2,3)18-11-14(10-16-18)6-9-17-7-4-13(12-19)5-8-17/h10-11,13,19H,4-9,12H2,1-3H3. The molecule has 1 aliphatic rings. The lowest BCUT2D eigenvalue weighted by Gasteiger charge is -2.30. The maximum Gasteiger partial charge on any atom is 0.0543 e. The summed E-state index contributed by atoms with van der Waals surface area (Å²) in [5.74, 6) is 0.528. The third kappa shape index (κ3) is 4.05. The van der Waals surface area contributed by atoms with Crippen molar-refractivity contribution in [3.63, 3.8) is 0 Å². The van der Waals surface area contributed by atoms with E-state index >= 15 is 0 Å². The van der Waals surface area contributed by atoms with Gasteiger partial charge in [-0.1, -0.05) is 0 Å². The first-order valence-corrected chi connectivity index (χ1v) is 7.36. The van der Waals surface area contributed by atoms with Crippen molar-refractivity contribution < 1.29 is 5.11 Å². The quantitative estimate of drug-likeness (QED) is 0.904. The Labute approximate surface area is 116 Å². The van der Waals surface area contributed by atoms with E-state index in [2.05, 4.69) is 37.0 Å².